The number of imidazole rings is 1. The summed E-state index contributed by atoms with van der Waals surface area (Å²) in [7, 11) is 3.61. The third-order valence-electron chi connectivity index (χ3n) is 4.85. The first-order valence-corrected chi connectivity index (χ1v) is 10.6. The van der Waals surface area contributed by atoms with Crippen molar-refractivity contribution in [3.63, 3.8) is 0 Å². The molecule has 30 heavy (non-hydrogen) atoms. The molecule has 0 bridgehead atoms. The Bertz CT molecular complexity index is 1180. The number of hydrogen-bond acceptors (Lipinski definition) is 6. The molecule has 3 aromatic heterocycles. The Hall–Kier alpha value is -3.13. The zero-order valence-electron chi connectivity index (χ0n) is 18.1. The number of aryl methyl sites for hydroxylation is 2. The van der Waals surface area contributed by atoms with Gasteiger partial charge in [0.15, 0.2) is 5.13 Å². The number of aromatic nitrogens is 5. The highest BCUT2D eigenvalue weighted by atomic mass is 32.1. The van der Waals surface area contributed by atoms with Crippen LogP contribution in [-0.4, -0.2) is 31.4 Å². The zero-order chi connectivity index (χ0) is 21.5. The number of nitrogens with one attached hydrogen (secondary N) is 1. The summed E-state index contributed by atoms with van der Waals surface area (Å²) in [6.07, 6.45) is 3.76. The molecule has 0 amide bonds. The van der Waals surface area contributed by atoms with Crippen molar-refractivity contribution in [2.75, 3.05) is 12.4 Å². The second-order valence-corrected chi connectivity index (χ2v) is 9.12. The predicted molar refractivity (Wildman–Crippen MR) is 121 cm³/mol. The molecule has 0 saturated heterocycles. The number of hydrogen-bond donors (Lipinski definition) is 1. The summed E-state index contributed by atoms with van der Waals surface area (Å²) in [6, 6.07) is 8.16. The quantitative estimate of drug-likeness (QED) is 0.485. The Morgan fingerprint density at radius 3 is 2.60 bits per heavy atom. The lowest BCUT2D eigenvalue weighted by atomic mass is 9.92. The number of benzene rings is 1. The molecule has 0 unspecified atom stereocenters. The second-order valence-electron chi connectivity index (χ2n) is 8.26. The lowest BCUT2D eigenvalue weighted by molar-refractivity contribution is 0.413. The highest BCUT2D eigenvalue weighted by Gasteiger charge is 2.19. The number of ether oxygens (including phenoxy) is 1. The van der Waals surface area contributed by atoms with E-state index in [9.17, 15) is 0 Å². The van der Waals surface area contributed by atoms with Crippen LogP contribution in [0.5, 0.6) is 5.75 Å². The molecular formula is C22H26N6OS. The van der Waals surface area contributed by atoms with Crippen LogP contribution in [-0.2, 0) is 12.5 Å². The molecule has 4 rings (SSSR count). The Morgan fingerprint density at radius 1 is 1.17 bits per heavy atom. The van der Waals surface area contributed by atoms with E-state index in [0.29, 0.717) is 0 Å². The number of thiazole rings is 1. The topological polar surface area (TPSA) is 69.8 Å². The molecule has 0 radical (unpaired) electrons. The van der Waals surface area contributed by atoms with Gasteiger partial charge in [-0.2, -0.15) is 5.10 Å². The molecule has 0 aliphatic heterocycles. The lowest BCUT2D eigenvalue weighted by Crippen LogP contribution is -2.12. The van der Waals surface area contributed by atoms with Gasteiger partial charge in [0.25, 0.3) is 0 Å². The molecule has 8 heteroatoms. The molecule has 1 N–H and O–H groups in total. The van der Waals surface area contributed by atoms with Gasteiger partial charge in [-0.3, -0.25) is 4.68 Å². The van der Waals surface area contributed by atoms with Crippen LogP contribution in [0.25, 0.3) is 16.9 Å². The van der Waals surface area contributed by atoms with Gasteiger partial charge in [-0.25, -0.2) is 9.97 Å². The monoisotopic (exact) mass is 422 g/mol. The molecule has 0 aliphatic carbocycles. The van der Waals surface area contributed by atoms with Gasteiger partial charge in [0.1, 0.15) is 11.6 Å². The number of anilines is 2. The van der Waals surface area contributed by atoms with Crippen molar-refractivity contribution < 1.29 is 4.74 Å². The van der Waals surface area contributed by atoms with E-state index in [1.165, 1.54) is 0 Å². The second kappa shape index (κ2) is 7.60. The van der Waals surface area contributed by atoms with Crippen molar-refractivity contribution in [2.24, 2.45) is 7.05 Å². The summed E-state index contributed by atoms with van der Waals surface area (Å²) in [5, 5.41) is 10.9. The van der Waals surface area contributed by atoms with Crippen molar-refractivity contribution in [3.8, 4) is 22.7 Å². The van der Waals surface area contributed by atoms with E-state index in [1.807, 2.05) is 53.0 Å². The maximum Gasteiger partial charge on any atom is 0.188 e. The van der Waals surface area contributed by atoms with Gasteiger partial charge in [-0.15, -0.1) is 11.3 Å². The van der Waals surface area contributed by atoms with E-state index >= 15 is 0 Å². The van der Waals surface area contributed by atoms with Gasteiger partial charge in [-0.1, -0.05) is 26.8 Å². The minimum Gasteiger partial charge on any atom is -0.495 e. The summed E-state index contributed by atoms with van der Waals surface area (Å²) in [5.41, 5.74) is 4.84. The standard InChI is InChI=1S/C22H26N6OS/c1-14-11-28(13-23-14)17-8-7-15(9-18(17)29-6)16-12-30-21(24-16)25-20-10-19(22(2,3)4)26-27(20)5/h7-13H,1-6H3,(H,24,25). The molecule has 0 atom stereocenters. The summed E-state index contributed by atoms with van der Waals surface area (Å²) >= 11 is 1.56. The fraction of sp³-hybridized carbons (Fsp3) is 0.318. The van der Waals surface area contributed by atoms with Gasteiger partial charge >= 0.3 is 0 Å². The Kier molecular flexibility index (Phi) is 5.11. The van der Waals surface area contributed by atoms with Crippen molar-refractivity contribution in [1.29, 1.82) is 0 Å². The SMILES string of the molecule is COc1cc(-c2csc(Nc3cc(C(C)(C)C)nn3C)n2)ccc1-n1cnc(C)c1. The fourth-order valence-corrected chi connectivity index (χ4v) is 3.85. The van der Waals surface area contributed by atoms with E-state index in [1.54, 1.807) is 24.8 Å². The largest absolute Gasteiger partial charge is 0.495 e. The molecule has 0 fully saturated rings. The molecule has 1 aromatic carbocycles. The van der Waals surface area contributed by atoms with Crippen LogP contribution >= 0.6 is 11.3 Å². The molecule has 0 saturated carbocycles. The minimum atomic E-state index is -0.00218. The van der Waals surface area contributed by atoms with Gasteiger partial charge in [0, 0.05) is 35.7 Å². The van der Waals surface area contributed by atoms with Crippen LogP contribution in [0, 0.1) is 6.92 Å². The van der Waals surface area contributed by atoms with Crippen LogP contribution in [0.1, 0.15) is 32.2 Å². The van der Waals surface area contributed by atoms with Crippen molar-refractivity contribution in [1.82, 2.24) is 24.3 Å². The first-order valence-electron chi connectivity index (χ1n) is 9.71. The van der Waals surface area contributed by atoms with Crippen molar-refractivity contribution in [3.05, 3.63) is 53.6 Å². The predicted octanol–water partition coefficient (Wildman–Crippen LogP) is 5.09. The highest BCUT2D eigenvalue weighted by Crippen LogP contribution is 2.33. The maximum absolute atomic E-state index is 5.62. The maximum atomic E-state index is 5.62. The summed E-state index contributed by atoms with van der Waals surface area (Å²) in [5.74, 6) is 1.69. The number of rotatable bonds is 5. The van der Waals surface area contributed by atoms with Crippen LogP contribution in [0.3, 0.4) is 0 Å². The summed E-state index contributed by atoms with van der Waals surface area (Å²) in [6.45, 7) is 8.43. The molecular weight excluding hydrogens is 396 g/mol. The molecule has 0 spiro atoms. The summed E-state index contributed by atoms with van der Waals surface area (Å²) in [4.78, 5) is 9.06. The minimum absolute atomic E-state index is 0.00218. The van der Waals surface area contributed by atoms with Gasteiger partial charge in [-0.05, 0) is 19.1 Å². The van der Waals surface area contributed by atoms with E-state index < -0.39 is 0 Å². The molecule has 3 heterocycles. The lowest BCUT2D eigenvalue weighted by Gasteiger charge is -2.13. The van der Waals surface area contributed by atoms with E-state index in [0.717, 1.165) is 45.0 Å². The Labute approximate surface area is 180 Å². The van der Waals surface area contributed by atoms with Crippen molar-refractivity contribution in [2.45, 2.75) is 33.1 Å². The fourth-order valence-electron chi connectivity index (χ4n) is 3.13. The number of nitrogens with zero attached hydrogens (tertiary/aromatic N) is 5. The van der Waals surface area contributed by atoms with Gasteiger partial charge < -0.3 is 14.6 Å². The van der Waals surface area contributed by atoms with Gasteiger partial charge in [0.05, 0.1) is 36.2 Å². The average molecular weight is 423 g/mol. The zero-order valence-corrected chi connectivity index (χ0v) is 18.9. The van der Waals surface area contributed by atoms with E-state index in [-0.39, 0.29) is 5.41 Å². The average Bonchev–Trinajstić information content (AvgIpc) is 3.42. The third kappa shape index (κ3) is 3.95. The molecule has 7 nitrogen and oxygen atoms in total. The van der Waals surface area contributed by atoms with E-state index in [2.05, 4.69) is 42.2 Å². The first-order chi connectivity index (χ1) is 14.2. The van der Waals surface area contributed by atoms with Crippen LogP contribution in [0.15, 0.2) is 42.2 Å². The van der Waals surface area contributed by atoms with E-state index in [4.69, 9.17) is 9.72 Å². The van der Waals surface area contributed by atoms with Crippen LogP contribution in [0.2, 0.25) is 0 Å². The molecule has 156 valence electrons. The normalized spacial score (nSPS) is 11.7. The first kappa shape index (κ1) is 20.2. The van der Waals surface area contributed by atoms with Crippen LogP contribution < -0.4 is 10.1 Å². The Balaban J connectivity index is 1.59. The molecule has 0 aliphatic rings. The highest BCUT2D eigenvalue weighted by molar-refractivity contribution is 7.14. The Morgan fingerprint density at radius 2 is 1.97 bits per heavy atom. The third-order valence-corrected chi connectivity index (χ3v) is 5.61. The summed E-state index contributed by atoms with van der Waals surface area (Å²) < 4.78 is 9.44. The number of methoxy groups -OCH3 is 1. The smallest absolute Gasteiger partial charge is 0.188 e. The molecule has 4 aromatic rings. The van der Waals surface area contributed by atoms with Crippen molar-refractivity contribution >= 4 is 22.3 Å². The van der Waals surface area contributed by atoms with Crippen LogP contribution in [0.4, 0.5) is 10.9 Å². The van der Waals surface area contributed by atoms with Gasteiger partial charge in [0.2, 0.25) is 0 Å².